The summed E-state index contributed by atoms with van der Waals surface area (Å²) in [5, 5.41) is 17.3. The minimum absolute atomic E-state index is 0.252. The van der Waals surface area contributed by atoms with Crippen molar-refractivity contribution < 1.29 is 9.90 Å². The minimum atomic E-state index is -0.936. The zero-order chi connectivity index (χ0) is 14.9. The summed E-state index contributed by atoms with van der Waals surface area (Å²) in [6.45, 7) is 8.84. The first-order valence-electron chi connectivity index (χ1n) is 6.83. The summed E-state index contributed by atoms with van der Waals surface area (Å²) in [4.78, 5) is 11.0. The summed E-state index contributed by atoms with van der Waals surface area (Å²) in [5.74, 6) is 0.352. The zero-order valence-corrected chi connectivity index (χ0v) is 12.4. The highest BCUT2D eigenvalue weighted by Crippen LogP contribution is 2.26. The van der Waals surface area contributed by atoms with E-state index in [9.17, 15) is 4.79 Å². The maximum absolute atomic E-state index is 11.0. The molecule has 1 N–H and O–H groups in total. The van der Waals surface area contributed by atoms with Crippen LogP contribution in [0.15, 0.2) is 18.3 Å². The molecule has 2 heterocycles. The summed E-state index contributed by atoms with van der Waals surface area (Å²) in [6, 6.07) is 3.24. The number of pyridine rings is 1. The molecule has 2 aromatic heterocycles. The third-order valence-electron chi connectivity index (χ3n) is 3.21. The van der Waals surface area contributed by atoms with Gasteiger partial charge in [-0.15, -0.1) is 10.2 Å². The molecule has 0 saturated carbocycles. The van der Waals surface area contributed by atoms with E-state index in [0.717, 1.165) is 18.7 Å². The first kappa shape index (κ1) is 14.5. The van der Waals surface area contributed by atoms with Crippen LogP contribution in [0.3, 0.4) is 0 Å². The van der Waals surface area contributed by atoms with Crippen LogP contribution in [-0.2, 0) is 6.42 Å². The lowest BCUT2D eigenvalue weighted by Crippen LogP contribution is -2.14. The molecule has 1 atom stereocenters. The Labute approximate surface area is 118 Å². The van der Waals surface area contributed by atoms with Crippen molar-refractivity contribution in [2.45, 2.75) is 40.5 Å². The van der Waals surface area contributed by atoms with Gasteiger partial charge in [0.1, 0.15) is 5.82 Å². The predicted octanol–water partition coefficient (Wildman–Crippen LogP) is 3.04. The van der Waals surface area contributed by atoms with Crippen LogP contribution >= 0.6 is 0 Å². The quantitative estimate of drug-likeness (QED) is 0.931. The van der Waals surface area contributed by atoms with Gasteiger partial charge < -0.3 is 5.11 Å². The zero-order valence-electron chi connectivity index (χ0n) is 12.4. The summed E-state index contributed by atoms with van der Waals surface area (Å²) in [5.41, 5.74) is 1.21. The standard InChI is InChI=1S/C15H21N3O2/c1-10(8-15(2,3)4)7-13-17-16-12-6-5-11(14(19)20)9-18(12)13/h5-6,9-10H,7-8H2,1-4H3,(H,19,20). The molecular weight excluding hydrogens is 254 g/mol. The Morgan fingerprint density at radius 2 is 2.05 bits per heavy atom. The van der Waals surface area contributed by atoms with Crippen molar-refractivity contribution in [3.8, 4) is 0 Å². The van der Waals surface area contributed by atoms with Crippen molar-refractivity contribution >= 4 is 11.6 Å². The van der Waals surface area contributed by atoms with Crippen LogP contribution in [0, 0.1) is 11.3 Å². The number of carboxylic acids is 1. The van der Waals surface area contributed by atoms with E-state index in [1.54, 1.807) is 22.7 Å². The molecule has 0 saturated heterocycles. The van der Waals surface area contributed by atoms with E-state index in [2.05, 4.69) is 37.9 Å². The fraction of sp³-hybridized carbons (Fsp3) is 0.533. The number of hydrogen-bond donors (Lipinski definition) is 1. The smallest absolute Gasteiger partial charge is 0.337 e. The van der Waals surface area contributed by atoms with E-state index in [-0.39, 0.29) is 11.0 Å². The number of hydrogen-bond acceptors (Lipinski definition) is 3. The van der Waals surface area contributed by atoms with E-state index in [1.807, 2.05) is 0 Å². The van der Waals surface area contributed by atoms with Gasteiger partial charge in [0.05, 0.1) is 5.56 Å². The van der Waals surface area contributed by atoms with Gasteiger partial charge >= 0.3 is 5.97 Å². The number of aromatic nitrogens is 3. The highest BCUT2D eigenvalue weighted by molar-refractivity contribution is 5.87. The van der Waals surface area contributed by atoms with Gasteiger partial charge in [-0.3, -0.25) is 4.40 Å². The molecule has 20 heavy (non-hydrogen) atoms. The molecule has 5 nitrogen and oxygen atoms in total. The molecule has 0 aromatic carbocycles. The Balaban J connectivity index is 2.26. The van der Waals surface area contributed by atoms with Gasteiger partial charge in [-0.05, 0) is 29.9 Å². The van der Waals surface area contributed by atoms with Crippen molar-refractivity contribution in [2.24, 2.45) is 11.3 Å². The summed E-state index contributed by atoms with van der Waals surface area (Å²) in [6.07, 6.45) is 3.47. The molecule has 108 valence electrons. The normalized spacial score (nSPS) is 13.6. The van der Waals surface area contributed by atoms with E-state index < -0.39 is 5.97 Å². The van der Waals surface area contributed by atoms with E-state index in [4.69, 9.17) is 5.11 Å². The molecule has 2 aromatic rings. The van der Waals surface area contributed by atoms with Gasteiger partial charge in [-0.25, -0.2) is 4.79 Å². The van der Waals surface area contributed by atoms with Crippen LogP contribution < -0.4 is 0 Å². The fourth-order valence-electron chi connectivity index (χ4n) is 2.63. The van der Waals surface area contributed by atoms with Crippen LogP contribution in [0.5, 0.6) is 0 Å². The summed E-state index contributed by atoms with van der Waals surface area (Å²) >= 11 is 0. The average Bonchev–Trinajstić information content (AvgIpc) is 2.69. The van der Waals surface area contributed by atoms with Crippen LogP contribution in [0.25, 0.3) is 5.65 Å². The van der Waals surface area contributed by atoms with Crippen molar-refractivity contribution in [1.82, 2.24) is 14.6 Å². The molecule has 0 aliphatic rings. The maximum atomic E-state index is 11.0. The topological polar surface area (TPSA) is 67.5 Å². The first-order chi connectivity index (χ1) is 9.26. The van der Waals surface area contributed by atoms with E-state index >= 15 is 0 Å². The number of carbonyl (C=O) groups is 1. The Morgan fingerprint density at radius 1 is 1.35 bits per heavy atom. The highest BCUT2D eigenvalue weighted by Gasteiger charge is 2.18. The fourth-order valence-corrected chi connectivity index (χ4v) is 2.63. The number of nitrogens with zero attached hydrogens (tertiary/aromatic N) is 3. The largest absolute Gasteiger partial charge is 0.478 e. The van der Waals surface area contributed by atoms with Crippen molar-refractivity contribution in [3.05, 3.63) is 29.7 Å². The molecule has 0 amide bonds. The second-order valence-electron chi connectivity index (χ2n) is 6.64. The molecular formula is C15H21N3O2. The van der Waals surface area contributed by atoms with Crippen molar-refractivity contribution in [2.75, 3.05) is 0 Å². The molecule has 0 fully saturated rings. The first-order valence-corrected chi connectivity index (χ1v) is 6.83. The third kappa shape index (κ3) is 3.35. The predicted molar refractivity (Wildman–Crippen MR) is 76.9 cm³/mol. The number of carboxylic acid groups (broad SMARTS) is 1. The lowest BCUT2D eigenvalue weighted by molar-refractivity contribution is 0.0696. The number of rotatable bonds is 4. The van der Waals surface area contributed by atoms with Gasteiger partial charge in [-0.2, -0.15) is 0 Å². The van der Waals surface area contributed by atoms with E-state index in [1.165, 1.54) is 0 Å². The van der Waals surface area contributed by atoms with Gasteiger partial charge in [0.2, 0.25) is 0 Å². The SMILES string of the molecule is CC(Cc1nnc2ccc(C(=O)O)cn12)CC(C)(C)C. The maximum Gasteiger partial charge on any atom is 0.337 e. The van der Waals surface area contributed by atoms with Gasteiger partial charge in [0.25, 0.3) is 0 Å². The molecule has 0 bridgehead atoms. The van der Waals surface area contributed by atoms with Gasteiger partial charge in [0.15, 0.2) is 5.65 Å². The van der Waals surface area contributed by atoms with Gasteiger partial charge in [-0.1, -0.05) is 27.7 Å². The van der Waals surface area contributed by atoms with Crippen LogP contribution in [-0.4, -0.2) is 25.7 Å². The van der Waals surface area contributed by atoms with Crippen molar-refractivity contribution in [3.63, 3.8) is 0 Å². The van der Waals surface area contributed by atoms with Crippen LogP contribution in [0.4, 0.5) is 0 Å². The lowest BCUT2D eigenvalue weighted by atomic mass is 9.84. The Kier molecular flexibility index (Phi) is 3.79. The van der Waals surface area contributed by atoms with Gasteiger partial charge in [0, 0.05) is 12.6 Å². The van der Waals surface area contributed by atoms with Crippen molar-refractivity contribution in [1.29, 1.82) is 0 Å². The molecule has 2 rings (SSSR count). The molecule has 0 spiro atoms. The monoisotopic (exact) mass is 275 g/mol. The number of fused-ring (bicyclic) bond motifs is 1. The average molecular weight is 275 g/mol. The van der Waals surface area contributed by atoms with E-state index in [0.29, 0.717) is 11.6 Å². The molecule has 0 radical (unpaired) electrons. The second-order valence-corrected chi connectivity index (χ2v) is 6.64. The summed E-state index contributed by atoms with van der Waals surface area (Å²) in [7, 11) is 0. The van der Waals surface area contributed by atoms with Crippen LogP contribution in [0.1, 0.15) is 50.3 Å². The summed E-state index contributed by atoms with van der Waals surface area (Å²) < 4.78 is 1.78. The highest BCUT2D eigenvalue weighted by atomic mass is 16.4. The minimum Gasteiger partial charge on any atom is -0.478 e. The third-order valence-corrected chi connectivity index (χ3v) is 3.21. The molecule has 0 aliphatic carbocycles. The van der Waals surface area contributed by atoms with Crippen LogP contribution in [0.2, 0.25) is 0 Å². The molecule has 1 unspecified atom stereocenters. The molecule has 0 aliphatic heterocycles. The second kappa shape index (κ2) is 5.23. The Hall–Kier alpha value is -1.91. The Morgan fingerprint density at radius 3 is 2.65 bits per heavy atom. The Bertz CT molecular complexity index is 626. The lowest BCUT2D eigenvalue weighted by Gasteiger charge is -2.22. The molecule has 5 heteroatoms. The number of aromatic carboxylic acids is 1.